The minimum Gasteiger partial charge on any atom is -0.306 e. The van der Waals surface area contributed by atoms with Crippen molar-refractivity contribution >= 4 is 33.7 Å². The number of hydrogen-bond acceptors (Lipinski definition) is 3. The molecule has 1 N–H and O–H groups in total. The van der Waals surface area contributed by atoms with Gasteiger partial charge in [-0.3, -0.25) is 9.59 Å². The van der Waals surface area contributed by atoms with E-state index in [9.17, 15) is 9.59 Å². The second-order valence-corrected chi connectivity index (χ2v) is 5.97. The summed E-state index contributed by atoms with van der Waals surface area (Å²) in [5.74, 6) is 0. The van der Waals surface area contributed by atoms with Crippen molar-refractivity contribution in [1.29, 1.82) is 0 Å². The Morgan fingerprint density at radius 3 is 2.10 bits per heavy atom. The normalized spacial score (nSPS) is 12.3. The Morgan fingerprint density at radius 1 is 0.950 bits per heavy atom. The zero-order chi connectivity index (χ0) is 15.2. The lowest BCUT2D eigenvalue weighted by molar-refractivity contribution is -0.114. The Labute approximate surface area is 132 Å². The molecule has 118 valence electrons. The molecule has 0 aromatic rings. The minimum atomic E-state index is -0.380. The summed E-state index contributed by atoms with van der Waals surface area (Å²) in [5, 5.41) is 2.42. The molecule has 0 saturated heterocycles. The Kier molecular flexibility index (Phi) is 13.8. The molecule has 0 aliphatic carbocycles. The first-order valence-electron chi connectivity index (χ1n) is 7.69. The van der Waals surface area contributed by atoms with E-state index < -0.39 is 0 Å². The fourth-order valence-corrected chi connectivity index (χ4v) is 2.42. The van der Waals surface area contributed by atoms with Crippen LogP contribution in [-0.2, 0) is 9.59 Å². The van der Waals surface area contributed by atoms with Gasteiger partial charge >= 0.3 is 0 Å². The molecule has 0 aromatic heterocycles. The van der Waals surface area contributed by atoms with Crippen LogP contribution in [0.1, 0.15) is 71.1 Å². The van der Waals surface area contributed by atoms with E-state index in [-0.39, 0.29) is 16.5 Å². The quantitative estimate of drug-likeness (QED) is 0.381. The largest absolute Gasteiger partial charge is 0.306 e. The lowest BCUT2D eigenvalue weighted by atomic mass is 10.1. The maximum atomic E-state index is 11.2. The summed E-state index contributed by atoms with van der Waals surface area (Å²) in [6.07, 6.45) is 10.1. The number of nitrogens with one attached hydrogen (secondary N) is 1. The highest BCUT2D eigenvalue weighted by Crippen LogP contribution is 2.08. The predicted octanol–water partition coefficient (Wildman–Crippen LogP) is 4.40. The van der Waals surface area contributed by atoms with E-state index in [1.165, 1.54) is 38.5 Å². The molecule has 0 bridgehead atoms. The van der Waals surface area contributed by atoms with Crippen LogP contribution in [0, 0.1) is 0 Å². The van der Waals surface area contributed by atoms with Crippen LogP contribution < -0.4 is 5.32 Å². The third kappa shape index (κ3) is 12.9. The zero-order valence-corrected chi connectivity index (χ0v) is 13.9. The van der Waals surface area contributed by atoms with E-state index >= 15 is 0 Å². The van der Waals surface area contributed by atoms with Gasteiger partial charge in [-0.15, -0.1) is 0 Å². The topological polar surface area (TPSA) is 46.2 Å². The third-order valence-corrected chi connectivity index (χ3v) is 3.76. The van der Waals surface area contributed by atoms with Crippen molar-refractivity contribution in [3.8, 4) is 0 Å². The molecule has 1 atom stereocenters. The average molecular weight is 324 g/mol. The molecule has 0 aromatic carbocycles. The maximum absolute atomic E-state index is 11.2. The van der Waals surface area contributed by atoms with Gasteiger partial charge in [0.05, 0.1) is 6.04 Å². The molecule has 0 aliphatic heterocycles. The van der Waals surface area contributed by atoms with Gasteiger partial charge in [-0.2, -0.15) is 0 Å². The predicted molar refractivity (Wildman–Crippen MR) is 85.4 cm³/mol. The molecule has 5 heteroatoms. The zero-order valence-electron chi connectivity index (χ0n) is 12.4. The van der Waals surface area contributed by atoms with Crippen molar-refractivity contribution in [3.05, 3.63) is 0 Å². The monoisotopic (exact) mass is 323 g/mol. The van der Waals surface area contributed by atoms with Gasteiger partial charge in [0.25, 0.3) is 0 Å². The van der Waals surface area contributed by atoms with Crippen molar-refractivity contribution in [2.45, 2.75) is 77.2 Å². The Hall–Kier alpha value is -0.120. The molecule has 0 rings (SSSR count). The second-order valence-electron chi connectivity index (χ2n) is 5.18. The highest BCUT2D eigenvalue weighted by molar-refractivity contribution is 6.64. The number of rotatable bonds is 14. The van der Waals surface area contributed by atoms with Crippen molar-refractivity contribution < 1.29 is 9.59 Å². The summed E-state index contributed by atoms with van der Waals surface area (Å²) < 4.78 is 0. The number of halogens is 2. The van der Waals surface area contributed by atoms with Gasteiger partial charge in [-0.1, -0.05) is 45.4 Å². The van der Waals surface area contributed by atoms with Crippen molar-refractivity contribution in [1.82, 2.24) is 5.32 Å². The third-order valence-electron chi connectivity index (χ3n) is 3.31. The summed E-state index contributed by atoms with van der Waals surface area (Å²) in [5.41, 5.74) is 0. The fraction of sp³-hybridized carbons (Fsp3) is 0.867. The minimum absolute atomic E-state index is 0.293. The average Bonchev–Trinajstić information content (AvgIpc) is 2.39. The summed E-state index contributed by atoms with van der Waals surface area (Å²) >= 11 is 10.8. The molecular formula is C15H27Cl2NO2. The fourth-order valence-electron chi connectivity index (χ4n) is 2.10. The van der Waals surface area contributed by atoms with Crippen molar-refractivity contribution in [2.75, 3.05) is 6.54 Å². The van der Waals surface area contributed by atoms with Crippen molar-refractivity contribution in [3.63, 3.8) is 0 Å². The lowest BCUT2D eigenvalue weighted by Crippen LogP contribution is -2.35. The maximum Gasteiger partial charge on any atom is 0.238 e. The van der Waals surface area contributed by atoms with Gasteiger partial charge < -0.3 is 5.32 Å². The van der Waals surface area contributed by atoms with Gasteiger partial charge in [0.1, 0.15) is 0 Å². The van der Waals surface area contributed by atoms with E-state index in [1.54, 1.807) is 0 Å². The first kappa shape index (κ1) is 19.9. The summed E-state index contributed by atoms with van der Waals surface area (Å²) in [4.78, 5) is 21.9. The van der Waals surface area contributed by atoms with E-state index in [4.69, 9.17) is 23.2 Å². The van der Waals surface area contributed by atoms with E-state index in [1.807, 2.05) is 0 Å². The van der Waals surface area contributed by atoms with Crippen molar-refractivity contribution in [2.24, 2.45) is 0 Å². The molecule has 0 aliphatic rings. The smallest absolute Gasteiger partial charge is 0.238 e. The molecular weight excluding hydrogens is 297 g/mol. The molecule has 0 heterocycles. The molecule has 3 nitrogen and oxygen atoms in total. The van der Waals surface area contributed by atoms with E-state index in [0.717, 1.165) is 13.0 Å². The molecule has 0 spiro atoms. The summed E-state index contributed by atoms with van der Waals surface area (Å²) in [6, 6.07) is -0.354. The van der Waals surface area contributed by atoms with Crippen LogP contribution in [0.25, 0.3) is 0 Å². The van der Waals surface area contributed by atoms with E-state index in [2.05, 4.69) is 12.2 Å². The van der Waals surface area contributed by atoms with Gasteiger partial charge in [0.15, 0.2) is 0 Å². The summed E-state index contributed by atoms with van der Waals surface area (Å²) in [7, 11) is 0. The summed E-state index contributed by atoms with van der Waals surface area (Å²) in [6.45, 7) is 3.01. The van der Waals surface area contributed by atoms with Gasteiger partial charge in [0.2, 0.25) is 10.5 Å². The van der Waals surface area contributed by atoms with Gasteiger partial charge in [-0.25, -0.2) is 0 Å². The van der Waals surface area contributed by atoms with Crippen LogP contribution in [0.3, 0.4) is 0 Å². The van der Waals surface area contributed by atoms with E-state index in [0.29, 0.717) is 19.3 Å². The first-order chi connectivity index (χ1) is 9.57. The van der Waals surface area contributed by atoms with Crippen LogP contribution in [0.2, 0.25) is 0 Å². The van der Waals surface area contributed by atoms with Gasteiger partial charge in [-0.05, 0) is 49.0 Å². The Morgan fingerprint density at radius 2 is 1.55 bits per heavy atom. The van der Waals surface area contributed by atoms with Crippen LogP contribution in [0.5, 0.6) is 0 Å². The second kappa shape index (κ2) is 13.8. The molecule has 0 fully saturated rings. The van der Waals surface area contributed by atoms with Gasteiger partial charge in [0, 0.05) is 6.42 Å². The highest BCUT2D eigenvalue weighted by atomic mass is 35.5. The number of hydrogen-bond donors (Lipinski definition) is 1. The number of carbonyl (C=O) groups excluding carboxylic acids is 2. The number of carbonyl (C=O) groups is 2. The standard InChI is InChI=1S/C15H27Cl2NO2/c1-2-3-4-5-6-7-8-12-18-13(15(17)20)10-9-11-14(16)19/h13,18H,2-12H2,1H3. The molecule has 0 amide bonds. The van der Waals surface area contributed by atoms with Crippen LogP contribution in [0.4, 0.5) is 0 Å². The SMILES string of the molecule is CCCCCCCCCNC(CCCC(=O)Cl)C(=O)Cl. The van der Waals surface area contributed by atoms with Crippen LogP contribution in [-0.4, -0.2) is 23.1 Å². The molecule has 0 radical (unpaired) electrons. The Bertz CT molecular complexity index is 273. The Balaban J connectivity index is 3.55. The highest BCUT2D eigenvalue weighted by Gasteiger charge is 2.15. The van der Waals surface area contributed by atoms with Crippen LogP contribution >= 0.6 is 23.2 Å². The first-order valence-corrected chi connectivity index (χ1v) is 8.44. The molecule has 20 heavy (non-hydrogen) atoms. The molecule has 0 saturated carbocycles. The lowest BCUT2D eigenvalue weighted by Gasteiger charge is -2.14. The molecule has 1 unspecified atom stereocenters. The van der Waals surface area contributed by atoms with Crippen LogP contribution in [0.15, 0.2) is 0 Å². The number of unbranched alkanes of at least 4 members (excludes halogenated alkanes) is 6.